The largest absolute Gasteiger partial charge is 0.348 e. The van der Waals surface area contributed by atoms with Gasteiger partial charge in [0.1, 0.15) is 6.54 Å². The van der Waals surface area contributed by atoms with E-state index in [1.54, 1.807) is 0 Å². The first-order valence-corrected chi connectivity index (χ1v) is 8.18. The number of benzene rings is 1. The number of nitrogens with one attached hydrogen (secondary N) is 1. The lowest BCUT2D eigenvalue weighted by atomic mass is 9.88. The molecule has 7 heteroatoms. The molecule has 1 N–H and O–H groups in total. The lowest BCUT2D eigenvalue weighted by Crippen LogP contribution is -2.43. The van der Waals surface area contributed by atoms with Crippen LogP contribution in [-0.4, -0.2) is 46.6 Å². The molecule has 0 saturated carbocycles. The Morgan fingerprint density at radius 1 is 1.20 bits per heavy atom. The Labute approximate surface area is 145 Å². The maximum absolute atomic E-state index is 12.3. The minimum absolute atomic E-state index is 0.0580. The molecule has 1 atom stereocenters. The van der Waals surface area contributed by atoms with Gasteiger partial charge >= 0.3 is 17.8 Å². The highest BCUT2D eigenvalue weighted by molar-refractivity contribution is 6.45. The Morgan fingerprint density at radius 2 is 1.92 bits per heavy atom. The first-order valence-electron chi connectivity index (χ1n) is 8.18. The van der Waals surface area contributed by atoms with E-state index in [2.05, 4.69) is 11.9 Å². The van der Waals surface area contributed by atoms with Gasteiger partial charge in [0.25, 0.3) is 0 Å². The highest BCUT2D eigenvalue weighted by atomic mass is 16.2. The van der Waals surface area contributed by atoms with E-state index in [1.807, 2.05) is 24.3 Å². The fourth-order valence-electron chi connectivity index (χ4n) is 3.27. The Morgan fingerprint density at radius 3 is 2.68 bits per heavy atom. The van der Waals surface area contributed by atoms with E-state index in [4.69, 9.17) is 0 Å². The summed E-state index contributed by atoms with van der Waals surface area (Å²) in [5.41, 5.74) is 2.25. The number of imide groups is 2. The predicted octanol–water partition coefficient (Wildman–Crippen LogP) is 1.16. The second kappa shape index (κ2) is 6.88. The molecule has 5 amide bonds. The van der Waals surface area contributed by atoms with Crippen LogP contribution in [0.25, 0.3) is 0 Å². The van der Waals surface area contributed by atoms with Crippen LogP contribution in [0.15, 0.2) is 36.9 Å². The normalized spacial score (nSPS) is 19.8. The third kappa shape index (κ3) is 3.17. The predicted molar refractivity (Wildman–Crippen MR) is 89.3 cm³/mol. The van der Waals surface area contributed by atoms with Crippen LogP contribution >= 0.6 is 0 Å². The number of urea groups is 1. The SMILES string of the molecule is C=CCN1C(=O)C(=O)N(CC(=O)N[C@H]2CCCc3ccccc32)C1=O. The number of fused-ring (bicyclic) bond motifs is 1. The first-order chi connectivity index (χ1) is 12.0. The first kappa shape index (κ1) is 16.9. The molecule has 0 aromatic heterocycles. The van der Waals surface area contributed by atoms with Crippen molar-refractivity contribution in [2.75, 3.05) is 13.1 Å². The molecule has 1 fully saturated rings. The van der Waals surface area contributed by atoms with Gasteiger partial charge < -0.3 is 5.32 Å². The Hall–Kier alpha value is -2.96. The zero-order valence-electron chi connectivity index (χ0n) is 13.7. The van der Waals surface area contributed by atoms with Gasteiger partial charge in [-0.3, -0.25) is 19.3 Å². The summed E-state index contributed by atoms with van der Waals surface area (Å²) in [4.78, 5) is 49.6. The summed E-state index contributed by atoms with van der Waals surface area (Å²) in [6, 6.07) is 6.96. The van der Waals surface area contributed by atoms with Crippen LogP contribution < -0.4 is 5.32 Å². The number of carbonyl (C=O) groups is 4. The summed E-state index contributed by atoms with van der Waals surface area (Å²) >= 11 is 0. The van der Waals surface area contributed by atoms with E-state index in [-0.39, 0.29) is 12.6 Å². The molecule has 1 saturated heterocycles. The van der Waals surface area contributed by atoms with E-state index < -0.39 is 30.3 Å². The third-order valence-electron chi connectivity index (χ3n) is 4.45. The molecule has 0 unspecified atom stereocenters. The summed E-state index contributed by atoms with van der Waals surface area (Å²) in [7, 11) is 0. The number of nitrogens with zero attached hydrogens (tertiary/aromatic N) is 2. The Kier molecular flexibility index (Phi) is 4.65. The molecule has 1 heterocycles. The molecule has 2 aliphatic rings. The lowest BCUT2D eigenvalue weighted by Gasteiger charge is -2.27. The number of hydrogen-bond acceptors (Lipinski definition) is 4. The maximum atomic E-state index is 12.3. The van der Waals surface area contributed by atoms with Gasteiger partial charge in [0.2, 0.25) is 5.91 Å². The van der Waals surface area contributed by atoms with Crippen molar-refractivity contribution in [1.29, 1.82) is 0 Å². The maximum Gasteiger partial charge on any atom is 0.335 e. The van der Waals surface area contributed by atoms with Crippen LogP contribution in [0, 0.1) is 0 Å². The van der Waals surface area contributed by atoms with Gasteiger partial charge in [-0.2, -0.15) is 0 Å². The molecular weight excluding hydrogens is 322 g/mol. The van der Waals surface area contributed by atoms with Gasteiger partial charge in [-0.15, -0.1) is 6.58 Å². The number of rotatable bonds is 5. The van der Waals surface area contributed by atoms with Crippen LogP contribution in [0.5, 0.6) is 0 Å². The second-order valence-corrected chi connectivity index (χ2v) is 6.09. The standard InChI is InChI=1S/C18H19N3O4/c1-2-10-20-16(23)17(24)21(18(20)25)11-15(22)19-14-9-5-7-12-6-3-4-8-13(12)14/h2-4,6,8,14H,1,5,7,9-11H2,(H,19,22)/t14-/m0/s1. The molecule has 0 spiro atoms. The molecule has 1 aromatic carbocycles. The van der Waals surface area contributed by atoms with Crippen molar-refractivity contribution in [2.24, 2.45) is 0 Å². The monoisotopic (exact) mass is 341 g/mol. The highest BCUT2D eigenvalue weighted by Crippen LogP contribution is 2.29. The summed E-state index contributed by atoms with van der Waals surface area (Å²) in [5.74, 6) is -2.37. The second-order valence-electron chi connectivity index (χ2n) is 6.09. The van der Waals surface area contributed by atoms with Crippen LogP contribution in [0.4, 0.5) is 4.79 Å². The van der Waals surface area contributed by atoms with Crippen molar-refractivity contribution < 1.29 is 19.2 Å². The Balaban J connectivity index is 1.68. The van der Waals surface area contributed by atoms with E-state index in [1.165, 1.54) is 11.6 Å². The smallest absolute Gasteiger partial charge is 0.335 e. The quantitative estimate of drug-likeness (QED) is 0.495. The molecule has 1 aliphatic carbocycles. The summed E-state index contributed by atoms with van der Waals surface area (Å²) in [6.45, 7) is 2.93. The van der Waals surface area contributed by atoms with Crippen LogP contribution in [0.2, 0.25) is 0 Å². The minimum Gasteiger partial charge on any atom is -0.348 e. The topological polar surface area (TPSA) is 86.8 Å². The average molecular weight is 341 g/mol. The zero-order chi connectivity index (χ0) is 18.0. The lowest BCUT2D eigenvalue weighted by molar-refractivity contribution is -0.143. The fraction of sp³-hybridized carbons (Fsp3) is 0.333. The van der Waals surface area contributed by atoms with Gasteiger partial charge in [-0.25, -0.2) is 9.69 Å². The van der Waals surface area contributed by atoms with Crippen molar-refractivity contribution in [3.63, 3.8) is 0 Å². The van der Waals surface area contributed by atoms with Crippen LogP contribution in [0.3, 0.4) is 0 Å². The van der Waals surface area contributed by atoms with Gasteiger partial charge in [0, 0.05) is 6.54 Å². The highest BCUT2D eigenvalue weighted by Gasteiger charge is 2.44. The molecule has 0 radical (unpaired) electrons. The molecule has 1 aromatic rings. The van der Waals surface area contributed by atoms with Crippen molar-refractivity contribution in [3.8, 4) is 0 Å². The number of carbonyl (C=O) groups excluding carboxylic acids is 4. The molecule has 7 nitrogen and oxygen atoms in total. The third-order valence-corrected chi connectivity index (χ3v) is 4.45. The molecule has 0 bridgehead atoms. The van der Waals surface area contributed by atoms with Gasteiger partial charge in [0.05, 0.1) is 6.04 Å². The average Bonchev–Trinajstić information content (AvgIpc) is 2.80. The van der Waals surface area contributed by atoms with E-state index in [9.17, 15) is 19.2 Å². The number of aryl methyl sites for hydroxylation is 1. The van der Waals surface area contributed by atoms with Crippen molar-refractivity contribution in [3.05, 3.63) is 48.0 Å². The summed E-state index contributed by atoms with van der Waals surface area (Å²) in [6.07, 6.45) is 4.07. The van der Waals surface area contributed by atoms with Crippen molar-refractivity contribution in [2.45, 2.75) is 25.3 Å². The Bertz CT molecular complexity index is 758. The molecule has 1 aliphatic heterocycles. The van der Waals surface area contributed by atoms with Gasteiger partial charge in [0.15, 0.2) is 0 Å². The summed E-state index contributed by atoms with van der Waals surface area (Å²) in [5, 5.41) is 2.87. The van der Waals surface area contributed by atoms with Crippen LogP contribution in [-0.2, 0) is 20.8 Å². The molecule has 3 rings (SSSR count). The van der Waals surface area contributed by atoms with Gasteiger partial charge in [-0.1, -0.05) is 30.3 Å². The molecular formula is C18H19N3O4. The number of hydrogen-bond donors (Lipinski definition) is 1. The van der Waals surface area contributed by atoms with Crippen molar-refractivity contribution in [1.82, 2.24) is 15.1 Å². The molecule has 25 heavy (non-hydrogen) atoms. The van der Waals surface area contributed by atoms with Crippen molar-refractivity contribution >= 4 is 23.8 Å². The minimum atomic E-state index is -0.981. The van der Waals surface area contributed by atoms with E-state index in [0.717, 1.165) is 29.7 Å². The van der Waals surface area contributed by atoms with E-state index in [0.29, 0.717) is 4.90 Å². The van der Waals surface area contributed by atoms with E-state index >= 15 is 0 Å². The fourth-order valence-corrected chi connectivity index (χ4v) is 3.27. The molecule has 130 valence electrons. The summed E-state index contributed by atoms with van der Waals surface area (Å²) < 4.78 is 0. The van der Waals surface area contributed by atoms with Crippen LogP contribution in [0.1, 0.15) is 30.0 Å². The zero-order valence-corrected chi connectivity index (χ0v) is 13.7. The number of amides is 5. The van der Waals surface area contributed by atoms with Gasteiger partial charge in [-0.05, 0) is 30.4 Å².